The smallest absolute Gasteiger partial charge is 0.144 e. The van der Waals surface area contributed by atoms with Crippen LogP contribution in [0, 0.1) is 0 Å². The molecule has 1 saturated heterocycles. The van der Waals surface area contributed by atoms with E-state index in [0.717, 1.165) is 36.1 Å². The fourth-order valence-corrected chi connectivity index (χ4v) is 2.12. The Labute approximate surface area is 94.4 Å². The Balaban J connectivity index is 1.73. The molecule has 3 nitrogen and oxygen atoms in total. The average molecular weight is 217 g/mol. The zero-order valence-electron chi connectivity index (χ0n) is 9.11. The molecule has 0 saturated carbocycles. The Morgan fingerprint density at radius 3 is 3.19 bits per heavy atom. The van der Waals surface area contributed by atoms with E-state index in [9.17, 15) is 0 Å². The lowest BCUT2D eigenvalue weighted by Gasteiger charge is -2.10. The lowest BCUT2D eigenvalue weighted by Crippen LogP contribution is -2.16. The molecule has 3 heteroatoms. The first-order chi connectivity index (χ1) is 7.93. The van der Waals surface area contributed by atoms with E-state index in [0.29, 0.717) is 6.61 Å². The number of hydrogen-bond acceptors (Lipinski definition) is 2. The van der Waals surface area contributed by atoms with Crippen molar-refractivity contribution in [2.24, 2.45) is 0 Å². The van der Waals surface area contributed by atoms with Crippen molar-refractivity contribution in [3.05, 3.63) is 30.5 Å². The van der Waals surface area contributed by atoms with Crippen LogP contribution in [0.1, 0.15) is 12.8 Å². The molecule has 3 rings (SSSR count). The summed E-state index contributed by atoms with van der Waals surface area (Å²) in [5, 5.41) is 1.14. The van der Waals surface area contributed by atoms with Gasteiger partial charge in [0.15, 0.2) is 0 Å². The summed E-state index contributed by atoms with van der Waals surface area (Å²) in [6.45, 7) is 1.53. The summed E-state index contributed by atoms with van der Waals surface area (Å²) in [4.78, 5) is 3.20. The molecule has 1 fully saturated rings. The molecule has 0 aliphatic carbocycles. The maximum atomic E-state index is 5.79. The number of fused-ring (bicyclic) bond motifs is 1. The molecule has 1 atom stereocenters. The molecule has 0 amide bonds. The van der Waals surface area contributed by atoms with Gasteiger partial charge in [-0.2, -0.15) is 0 Å². The average Bonchev–Trinajstić information content (AvgIpc) is 2.96. The minimum atomic E-state index is 0.272. The molecule has 0 spiro atoms. The highest BCUT2D eigenvalue weighted by Gasteiger charge is 2.16. The topological polar surface area (TPSA) is 34.2 Å². The molecule has 0 bridgehead atoms. The summed E-state index contributed by atoms with van der Waals surface area (Å²) in [5.74, 6) is 0.922. The van der Waals surface area contributed by atoms with Gasteiger partial charge in [0.25, 0.3) is 0 Å². The molecule has 1 aromatic heterocycles. The van der Waals surface area contributed by atoms with E-state index in [-0.39, 0.29) is 6.10 Å². The number of hydrogen-bond donors (Lipinski definition) is 1. The number of aromatic nitrogens is 1. The van der Waals surface area contributed by atoms with Crippen molar-refractivity contribution in [1.29, 1.82) is 0 Å². The highest BCUT2D eigenvalue weighted by Crippen LogP contribution is 2.25. The van der Waals surface area contributed by atoms with Crippen LogP contribution >= 0.6 is 0 Å². The van der Waals surface area contributed by atoms with Crippen LogP contribution in [0.4, 0.5) is 0 Å². The molecular weight excluding hydrogens is 202 g/mol. The zero-order chi connectivity index (χ0) is 10.8. The van der Waals surface area contributed by atoms with Crippen molar-refractivity contribution >= 4 is 10.9 Å². The van der Waals surface area contributed by atoms with Crippen molar-refractivity contribution < 1.29 is 9.47 Å². The molecule has 0 radical (unpaired) electrons. The summed E-state index contributed by atoms with van der Waals surface area (Å²) < 4.78 is 11.3. The van der Waals surface area contributed by atoms with Crippen molar-refractivity contribution in [1.82, 2.24) is 4.98 Å². The first kappa shape index (κ1) is 9.73. The van der Waals surface area contributed by atoms with Gasteiger partial charge in [-0.25, -0.2) is 0 Å². The highest BCUT2D eigenvalue weighted by atomic mass is 16.5. The number of rotatable bonds is 3. The molecule has 2 aromatic rings. The van der Waals surface area contributed by atoms with Crippen molar-refractivity contribution in [2.75, 3.05) is 13.2 Å². The van der Waals surface area contributed by atoms with Gasteiger partial charge in [-0.3, -0.25) is 0 Å². The predicted molar refractivity (Wildman–Crippen MR) is 62.8 cm³/mol. The third-order valence-corrected chi connectivity index (χ3v) is 3.00. The molecule has 1 aromatic carbocycles. The number of benzene rings is 1. The number of para-hydroxylation sites is 1. The Kier molecular flexibility index (Phi) is 2.54. The second-order valence-corrected chi connectivity index (χ2v) is 4.14. The summed E-state index contributed by atoms with van der Waals surface area (Å²) in [7, 11) is 0. The highest BCUT2D eigenvalue weighted by molar-refractivity contribution is 5.85. The largest absolute Gasteiger partial charge is 0.489 e. The van der Waals surface area contributed by atoms with Gasteiger partial charge in [0.05, 0.1) is 6.10 Å². The van der Waals surface area contributed by atoms with E-state index < -0.39 is 0 Å². The van der Waals surface area contributed by atoms with Crippen molar-refractivity contribution in [3.8, 4) is 5.75 Å². The fraction of sp³-hybridized carbons (Fsp3) is 0.385. The maximum Gasteiger partial charge on any atom is 0.144 e. The van der Waals surface area contributed by atoms with Gasteiger partial charge in [-0.15, -0.1) is 0 Å². The molecule has 1 N–H and O–H groups in total. The van der Waals surface area contributed by atoms with Gasteiger partial charge in [0.2, 0.25) is 0 Å². The Bertz CT molecular complexity index is 471. The van der Waals surface area contributed by atoms with Crippen LogP contribution in [0.15, 0.2) is 30.5 Å². The Morgan fingerprint density at radius 2 is 2.31 bits per heavy atom. The van der Waals surface area contributed by atoms with Gasteiger partial charge in [0.1, 0.15) is 12.4 Å². The zero-order valence-corrected chi connectivity index (χ0v) is 9.11. The first-order valence-electron chi connectivity index (χ1n) is 5.74. The SMILES string of the molecule is c1ccc2c(OCC3CCCO3)c[nH]c2c1. The van der Waals surface area contributed by atoms with E-state index in [2.05, 4.69) is 11.1 Å². The van der Waals surface area contributed by atoms with E-state index >= 15 is 0 Å². The quantitative estimate of drug-likeness (QED) is 0.857. The van der Waals surface area contributed by atoms with Crippen molar-refractivity contribution in [2.45, 2.75) is 18.9 Å². The second kappa shape index (κ2) is 4.18. The maximum absolute atomic E-state index is 5.79. The molecule has 84 valence electrons. The lowest BCUT2D eigenvalue weighted by atomic mass is 10.2. The van der Waals surface area contributed by atoms with Gasteiger partial charge in [0, 0.05) is 23.7 Å². The van der Waals surface area contributed by atoms with Gasteiger partial charge < -0.3 is 14.5 Å². The first-order valence-corrected chi connectivity index (χ1v) is 5.74. The Morgan fingerprint density at radius 1 is 1.38 bits per heavy atom. The van der Waals surface area contributed by atoms with Crippen LogP contribution in [-0.2, 0) is 4.74 Å². The van der Waals surface area contributed by atoms with Crippen LogP contribution in [0.2, 0.25) is 0 Å². The second-order valence-electron chi connectivity index (χ2n) is 4.14. The summed E-state index contributed by atoms with van der Waals surface area (Å²) in [6.07, 6.45) is 4.46. The van der Waals surface area contributed by atoms with E-state index in [1.165, 1.54) is 0 Å². The third kappa shape index (κ3) is 1.78. The molecule has 2 heterocycles. The van der Waals surface area contributed by atoms with E-state index in [1.54, 1.807) is 0 Å². The lowest BCUT2D eigenvalue weighted by molar-refractivity contribution is 0.0685. The van der Waals surface area contributed by atoms with E-state index in [4.69, 9.17) is 9.47 Å². The number of H-pyrrole nitrogens is 1. The predicted octanol–water partition coefficient (Wildman–Crippen LogP) is 2.73. The van der Waals surface area contributed by atoms with Crippen LogP contribution in [0.25, 0.3) is 10.9 Å². The summed E-state index contributed by atoms with van der Waals surface area (Å²) >= 11 is 0. The van der Waals surface area contributed by atoms with Crippen molar-refractivity contribution in [3.63, 3.8) is 0 Å². The molecule has 1 aliphatic rings. The normalized spacial score (nSPS) is 20.4. The van der Waals surface area contributed by atoms with Gasteiger partial charge >= 0.3 is 0 Å². The van der Waals surface area contributed by atoms with Gasteiger partial charge in [-0.1, -0.05) is 12.1 Å². The van der Waals surface area contributed by atoms with Gasteiger partial charge in [-0.05, 0) is 25.0 Å². The fourth-order valence-electron chi connectivity index (χ4n) is 2.12. The molecule has 1 unspecified atom stereocenters. The monoisotopic (exact) mass is 217 g/mol. The molecule has 1 aliphatic heterocycles. The van der Waals surface area contributed by atoms with Crippen LogP contribution in [-0.4, -0.2) is 24.3 Å². The van der Waals surface area contributed by atoms with Crippen LogP contribution in [0.3, 0.4) is 0 Å². The summed E-state index contributed by atoms with van der Waals surface area (Å²) in [5.41, 5.74) is 1.12. The standard InChI is InChI=1S/C13H15NO2/c1-2-6-12-11(5-1)13(8-14-12)16-9-10-4-3-7-15-10/h1-2,5-6,8,10,14H,3-4,7,9H2. The number of nitrogens with one attached hydrogen (secondary N) is 1. The molecule has 16 heavy (non-hydrogen) atoms. The number of aromatic amines is 1. The Hall–Kier alpha value is -1.48. The molecular formula is C13H15NO2. The third-order valence-electron chi connectivity index (χ3n) is 3.00. The van der Waals surface area contributed by atoms with Crippen LogP contribution < -0.4 is 4.74 Å². The van der Waals surface area contributed by atoms with Crippen LogP contribution in [0.5, 0.6) is 5.75 Å². The number of ether oxygens (including phenoxy) is 2. The minimum Gasteiger partial charge on any atom is -0.489 e. The minimum absolute atomic E-state index is 0.272. The summed E-state index contributed by atoms with van der Waals surface area (Å²) in [6, 6.07) is 8.16. The van der Waals surface area contributed by atoms with E-state index in [1.807, 2.05) is 24.4 Å².